The number of benzene rings is 1. The van der Waals surface area contributed by atoms with E-state index >= 15 is 0 Å². The summed E-state index contributed by atoms with van der Waals surface area (Å²) in [6, 6.07) is 7.99. The number of hydrogen-bond donors (Lipinski definition) is 2. The van der Waals surface area contributed by atoms with Crippen LogP contribution in [0, 0.1) is 5.41 Å². The number of aliphatic imine (C=N–C) groups is 1. The molecule has 0 aliphatic rings. The minimum absolute atomic E-state index is 0. The summed E-state index contributed by atoms with van der Waals surface area (Å²) in [5.74, 6) is 1.35. The molecule has 0 fully saturated rings. The smallest absolute Gasteiger partial charge is 0.191 e. The van der Waals surface area contributed by atoms with Gasteiger partial charge in [-0.1, -0.05) is 37.6 Å². The van der Waals surface area contributed by atoms with Crippen LogP contribution in [0.2, 0.25) is 5.02 Å². The quantitative estimate of drug-likeness (QED) is 0.326. The molecule has 1 aromatic rings. The zero-order valence-electron chi connectivity index (χ0n) is 16.7. The first-order valence-electron chi connectivity index (χ1n) is 8.61. The minimum Gasteiger partial charge on any atom is -0.356 e. The van der Waals surface area contributed by atoms with E-state index in [2.05, 4.69) is 35.5 Å². The van der Waals surface area contributed by atoms with Gasteiger partial charge in [-0.25, -0.2) is 0 Å². The fourth-order valence-corrected chi connectivity index (χ4v) is 3.49. The van der Waals surface area contributed by atoms with Gasteiger partial charge in [0.15, 0.2) is 5.96 Å². The Bertz CT molecular complexity index is 615. The van der Waals surface area contributed by atoms with Crippen LogP contribution in [0.25, 0.3) is 0 Å². The third kappa shape index (κ3) is 10.1. The van der Waals surface area contributed by atoms with E-state index in [0.29, 0.717) is 12.3 Å². The summed E-state index contributed by atoms with van der Waals surface area (Å²) in [6.07, 6.45) is 0.922. The summed E-state index contributed by atoms with van der Waals surface area (Å²) >= 11 is 6.07. The van der Waals surface area contributed by atoms with E-state index in [9.17, 15) is 4.21 Å². The molecule has 26 heavy (non-hydrogen) atoms. The highest BCUT2D eigenvalue weighted by Gasteiger charge is 2.20. The van der Waals surface area contributed by atoms with Crippen molar-refractivity contribution < 1.29 is 4.21 Å². The van der Waals surface area contributed by atoms with Crippen molar-refractivity contribution in [3.63, 3.8) is 0 Å². The van der Waals surface area contributed by atoms with Crippen LogP contribution in [0.5, 0.6) is 0 Å². The van der Waals surface area contributed by atoms with Crippen LogP contribution in [0.15, 0.2) is 29.3 Å². The molecule has 0 aromatic heterocycles. The molecule has 0 bridgehead atoms. The Hall–Kier alpha value is -0.340. The van der Waals surface area contributed by atoms with Crippen molar-refractivity contribution in [1.29, 1.82) is 0 Å². The van der Waals surface area contributed by atoms with Gasteiger partial charge in [-0.2, -0.15) is 0 Å². The fourth-order valence-electron chi connectivity index (χ4n) is 2.37. The van der Waals surface area contributed by atoms with Gasteiger partial charge >= 0.3 is 0 Å². The SMILES string of the molecule is CN=C(NCCS(=O)C(C)(C)C)NCC(C)(C)Cc1cccc(Cl)c1.I. The standard InChI is InChI=1S/C19H32ClN3OS.HI/c1-18(2,3)25(24)11-10-22-17(21-6)23-14-19(4,5)13-15-8-7-9-16(20)12-15;/h7-9,12H,10-11,13-14H2,1-6H3,(H2,21,22,23);1H. The second kappa shape index (κ2) is 11.5. The van der Waals surface area contributed by atoms with Gasteiger partial charge in [-0.05, 0) is 50.3 Å². The number of guanidine groups is 1. The Kier molecular flexibility index (Phi) is 11.3. The Morgan fingerprint density at radius 3 is 2.38 bits per heavy atom. The lowest BCUT2D eigenvalue weighted by Gasteiger charge is -2.26. The van der Waals surface area contributed by atoms with Crippen LogP contribution in [0.3, 0.4) is 0 Å². The monoisotopic (exact) mass is 513 g/mol. The van der Waals surface area contributed by atoms with Crippen LogP contribution >= 0.6 is 35.6 Å². The maximum absolute atomic E-state index is 12.1. The first-order chi connectivity index (χ1) is 11.5. The van der Waals surface area contributed by atoms with Crippen molar-refractivity contribution in [2.45, 2.75) is 45.8 Å². The maximum atomic E-state index is 12.1. The van der Waals surface area contributed by atoms with Crippen molar-refractivity contribution in [2.24, 2.45) is 10.4 Å². The van der Waals surface area contributed by atoms with Crippen LogP contribution in [-0.4, -0.2) is 40.8 Å². The van der Waals surface area contributed by atoms with Crippen molar-refractivity contribution >= 4 is 52.3 Å². The maximum Gasteiger partial charge on any atom is 0.191 e. The molecule has 1 unspecified atom stereocenters. The van der Waals surface area contributed by atoms with Gasteiger partial charge in [0.2, 0.25) is 0 Å². The van der Waals surface area contributed by atoms with Crippen molar-refractivity contribution in [3.8, 4) is 0 Å². The number of rotatable bonds is 7. The van der Waals surface area contributed by atoms with E-state index < -0.39 is 10.8 Å². The van der Waals surface area contributed by atoms with Crippen molar-refractivity contribution in [3.05, 3.63) is 34.9 Å². The summed E-state index contributed by atoms with van der Waals surface area (Å²) in [7, 11) is 0.887. The number of halogens is 2. The first-order valence-corrected chi connectivity index (χ1v) is 10.3. The average Bonchev–Trinajstić information content (AvgIpc) is 2.49. The summed E-state index contributed by atoms with van der Waals surface area (Å²) in [4.78, 5) is 4.25. The van der Waals surface area contributed by atoms with E-state index in [0.717, 1.165) is 23.9 Å². The third-order valence-electron chi connectivity index (χ3n) is 3.79. The van der Waals surface area contributed by atoms with Crippen LogP contribution < -0.4 is 10.6 Å². The first kappa shape index (κ1) is 25.7. The predicted octanol–water partition coefficient (Wildman–Crippen LogP) is 4.24. The van der Waals surface area contributed by atoms with E-state index in [1.807, 2.05) is 39.0 Å². The van der Waals surface area contributed by atoms with Gasteiger partial charge in [0.05, 0.1) is 0 Å². The lowest BCUT2D eigenvalue weighted by atomic mass is 9.86. The molecule has 1 rings (SSSR count). The molecule has 7 heteroatoms. The molecule has 0 saturated heterocycles. The van der Waals surface area contributed by atoms with Crippen LogP contribution in [-0.2, 0) is 17.2 Å². The molecule has 0 saturated carbocycles. The fraction of sp³-hybridized carbons (Fsp3) is 0.632. The molecule has 150 valence electrons. The molecule has 1 aromatic carbocycles. The number of hydrogen-bond acceptors (Lipinski definition) is 2. The summed E-state index contributed by atoms with van der Waals surface area (Å²) in [6.45, 7) is 11.8. The highest BCUT2D eigenvalue weighted by atomic mass is 127. The normalized spacial score (nSPS) is 13.7. The largest absolute Gasteiger partial charge is 0.356 e. The number of nitrogens with zero attached hydrogens (tertiary/aromatic N) is 1. The zero-order valence-corrected chi connectivity index (χ0v) is 20.6. The summed E-state index contributed by atoms with van der Waals surface area (Å²) in [5, 5.41) is 7.38. The van der Waals surface area contributed by atoms with E-state index in [4.69, 9.17) is 11.6 Å². The Morgan fingerprint density at radius 1 is 1.19 bits per heavy atom. The molecular formula is C19H33ClIN3OS. The number of nitrogens with one attached hydrogen (secondary N) is 2. The Labute approximate surface area is 183 Å². The highest BCUT2D eigenvalue weighted by Crippen LogP contribution is 2.22. The molecule has 2 N–H and O–H groups in total. The average molecular weight is 514 g/mol. The molecule has 0 radical (unpaired) electrons. The molecule has 0 spiro atoms. The summed E-state index contributed by atoms with van der Waals surface area (Å²) in [5.41, 5.74) is 1.28. The van der Waals surface area contributed by atoms with E-state index in [1.165, 1.54) is 5.56 Å². The topological polar surface area (TPSA) is 53.5 Å². The highest BCUT2D eigenvalue weighted by molar-refractivity contribution is 14.0. The van der Waals surface area contributed by atoms with Crippen LogP contribution in [0.1, 0.15) is 40.2 Å². The van der Waals surface area contributed by atoms with E-state index in [1.54, 1.807) is 7.05 Å². The Morgan fingerprint density at radius 2 is 1.85 bits per heavy atom. The summed E-state index contributed by atoms with van der Waals surface area (Å²) < 4.78 is 11.9. The van der Waals surface area contributed by atoms with Gasteiger partial charge in [0.1, 0.15) is 0 Å². The molecule has 0 heterocycles. The van der Waals surface area contributed by atoms with Gasteiger partial charge in [0.25, 0.3) is 0 Å². The van der Waals surface area contributed by atoms with Crippen LogP contribution in [0.4, 0.5) is 0 Å². The Balaban J connectivity index is 0.00000625. The van der Waals surface area contributed by atoms with Gasteiger partial charge in [0, 0.05) is 46.5 Å². The zero-order chi connectivity index (χ0) is 19.1. The van der Waals surface area contributed by atoms with Crippen molar-refractivity contribution in [2.75, 3.05) is 25.9 Å². The second-order valence-corrected chi connectivity index (χ2v) is 10.7. The lowest BCUT2D eigenvalue weighted by molar-refractivity contribution is 0.359. The predicted molar refractivity (Wildman–Crippen MR) is 126 cm³/mol. The molecular weight excluding hydrogens is 481 g/mol. The minimum atomic E-state index is -0.863. The van der Waals surface area contributed by atoms with Gasteiger partial charge in [-0.3, -0.25) is 9.20 Å². The molecule has 1 atom stereocenters. The molecule has 0 amide bonds. The van der Waals surface area contributed by atoms with Gasteiger partial charge in [-0.15, -0.1) is 24.0 Å². The third-order valence-corrected chi connectivity index (χ3v) is 5.97. The lowest BCUT2D eigenvalue weighted by Crippen LogP contribution is -2.44. The molecule has 0 aliphatic carbocycles. The van der Waals surface area contributed by atoms with Gasteiger partial charge < -0.3 is 10.6 Å². The van der Waals surface area contributed by atoms with Crippen molar-refractivity contribution in [1.82, 2.24) is 10.6 Å². The molecule has 0 aliphatic heterocycles. The van der Waals surface area contributed by atoms with E-state index in [-0.39, 0.29) is 34.1 Å². The molecule has 4 nitrogen and oxygen atoms in total. The second-order valence-electron chi connectivity index (χ2n) is 7.99.